The summed E-state index contributed by atoms with van der Waals surface area (Å²) in [7, 11) is 3.83. The minimum atomic E-state index is -0.493. The van der Waals surface area contributed by atoms with Crippen LogP contribution in [0, 0.1) is 0 Å². The van der Waals surface area contributed by atoms with Crippen LogP contribution in [0.4, 0.5) is 66.8 Å². The molecule has 0 atom stereocenters. The number of amides is 18. The number of benzene rings is 8. The molecule has 0 aliphatic carbocycles. The molecule has 16 heterocycles. The Morgan fingerprint density at radius 1 is 0.359 bits per heavy atom. The molecule has 8 N–H and O–H groups in total. The van der Waals surface area contributed by atoms with E-state index < -0.39 is 12.1 Å². The first-order valence-electron chi connectivity index (χ1n) is 45.3. The molecule has 18 amide bonds. The molecule has 0 unspecified atom stereocenters. The summed E-state index contributed by atoms with van der Waals surface area (Å²) in [5.41, 5.74) is 18.4. The van der Waals surface area contributed by atoms with Crippen molar-refractivity contribution in [1.82, 2.24) is 106 Å². The standard InChI is InChI=1S/C14H16N4O.C14H15N3O.C13H13N3O2.C13H11N3OS.C13H13N3O.C12H12N4O2.C12H9N3OS.C11H9N3O3/c1-10-7-8-18(14(19)15-10)9-13-16-11-5-3-4-6-12(11)17(13)2;1-10-6-7-17(14(18)15-10)9-12-8-11-4-2-3-5-13(11)16-12;2*1-9-6-7-16(13(17)14-9)8-12-15-10-4-2-3-5-11(10)18-12;1-9-6-7-16(13(17)14-9)12-8-10-4-2-3-5-11(10)15-12;1-15-9-5-3-2-4-8(9)13-11(15)16-7-6-10(17)14-12(16)18;1-8-6-7-15(11(16)13-8)12-14-9-4-2-3-5-10(9)17-12;15-9-5-6-14(10(16)13-9)11-12-7-3-1-2-4-8(7)17-11/h3-6H,1,7-9H2,2H3,(H,15,19);2-5H,1,6-9H2,(H,15,18);2-5H,1,6-8H2,(H,14,17);2-7H,1,8H2,(H,14,17);2-5H,1,6-8H2,(H,14,17);2-5H,6-7H2,1H3,(H,14,17,18);2-7H,1H2,(H,13,16);1-4H,5-6H2,(H,13,15,16). The number of aliphatic imine (C=N–C) groups is 2. The van der Waals surface area contributed by atoms with Crippen LogP contribution in [0.3, 0.4) is 0 Å². The van der Waals surface area contributed by atoms with Gasteiger partial charge in [0, 0.05) is 157 Å². The number of oxazole rings is 2. The van der Waals surface area contributed by atoms with Gasteiger partial charge >= 0.3 is 54.3 Å². The predicted octanol–water partition coefficient (Wildman–Crippen LogP) is 16.7. The zero-order chi connectivity index (χ0) is 99.2. The lowest BCUT2D eigenvalue weighted by Gasteiger charge is -2.28. The van der Waals surface area contributed by atoms with E-state index in [4.69, 9.17) is 8.83 Å². The maximum atomic E-state index is 11.9. The van der Waals surface area contributed by atoms with Gasteiger partial charge in [-0.1, -0.05) is 160 Å². The molecule has 10 aliphatic rings. The molecule has 24 rings (SSSR count). The molecule has 142 heavy (non-hydrogen) atoms. The van der Waals surface area contributed by atoms with Crippen molar-refractivity contribution in [2.75, 3.05) is 60.5 Å². The summed E-state index contributed by atoms with van der Waals surface area (Å²) in [6.45, 7) is 27.8. The number of amidine groups is 1. The Morgan fingerprint density at radius 2 is 0.824 bits per heavy atom. The lowest BCUT2D eigenvalue weighted by Crippen LogP contribution is -2.50. The topological polar surface area (TPSA) is 431 Å². The van der Waals surface area contributed by atoms with Crippen LogP contribution in [0.25, 0.3) is 64.7 Å². The van der Waals surface area contributed by atoms with Crippen molar-refractivity contribution in [3.63, 3.8) is 0 Å². The van der Waals surface area contributed by atoms with Gasteiger partial charge in [0.25, 0.3) is 0 Å². The fraction of sp³-hybridized carbons (Fsp3) is 0.196. The van der Waals surface area contributed by atoms with Crippen LogP contribution in [-0.2, 0) is 56.2 Å². The number of fused-ring (bicyclic) bond motifs is 8. The van der Waals surface area contributed by atoms with Gasteiger partial charge in [0.05, 0.1) is 80.1 Å². The Labute approximate surface area is 821 Å². The molecule has 720 valence electrons. The van der Waals surface area contributed by atoms with Crippen LogP contribution in [0.1, 0.15) is 66.4 Å². The fourth-order valence-corrected chi connectivity index (χ4v) is 17.9. The van der Waals surface area contributed by atoms with Crippen molar-refractivity contribution in [2.45, 2.75) is 71.0 Å². The first kappa shape index (κ1) is 95.9. The Balaban J connectivity index is 0.000000112. The third kappa shape index (κ3) is 23.2. The summed E-state index contributed by atoms with van der Waals surface area (Å²) < 4.78 is 17.1. The number of carbonyl (C=O) groups is 10. The van der Waals surface area contributed by atoms with Gasteiger partial charge in [-0.15, -0.1) is 11.3 Å². The molecule has 6 fully saturated rings. The highest BCUT2D eigenvalue weighted by Gasteiger charge is 2.34. The minimum Gasteiger partial charge on any atom is -0.439 e. The molecule has 0 saturated carbocycles. The van der Waals surface area contributed by atoms with Gasteiger partial charge in [-0.25, -0.2) is 78.1 Å². The Bertz CT molecular complexity index is 7410. The number of imidazole rings is 2. The Kier molecular flexibility index (Phi) is 29.2. The predicted molar refractivity (Wildman–Crippen MR) is 544 cm³/mol. The molecule has 10 aliphatic heterocycles. The van der Waals surface area contributed by atoms with Gasteiger partial charge in [0.15, 0.2) is 16.3 Å². The smallest absolute Gasteiger partial charge is 0.332 e. The number of nitrogens with one attached hydrogen (secondary N) is 8. The number of nitrogens with zero attached hydrogens (tertiary/aromatic N) is 18. The molecular weight excluding hydrogens is 1850 g/mol. The van der Waals surface area contributed by atoms with Crippen molar-refractivity contribution in [2.24, 2.45) is 24.1 Å². The number of thiazole rings is 2. The SMILES string of the molecule is C=C1C=CN(Cc2nc3ccccc3s2)C(=O)N1.C=C1C=CN(c2nc3ccccc3s2)C(=O)N1.C=C1CCN(C2=Nc3ccccc3C2)C(=O)N1.C=C1CCN(CC2=Nc3ccccc3C2)C(=O)N1.C=C1CCN(Cc2nc3ccccc3n2C)C(=O)N1.C=C1CCN(Cc2nc3ccccc3o2)C(=O)N1.Cn1c(N2CCC(=O)NC2=O)nc2ccccc21.O=C1CCN(c2nc3ccccc3o2)C(=O)N1. The molecule has 0 bridgehead atoms. The van der Waals surface area contributed by atoms with Crippen LogP contribution in [0.2, 0.25) is 0 Å². The summed E-state index contributed by atoms with van der Waals surface area (Å²) in [4.78, 5) is 164. The summed E-state index contributed by atoms with van der Waals surface area (Å²) in [5, 5.41) is 22.4. The largest absolute Gasteiger partial charge is 0.439 e. The molecule has 0 radical (unpaired) electrons. The molecule has 6 aromatic heterocycles. The zero-order valence-corrected chi connectivity index (χ0v) is 79.2. The van der Waals surface area contributed by atoms with E-state index in [2.05, 4.69) is 128 Å². The fourth-order valence-electron chi connectivity index (χ4n) is 16.0. The first-order valence-corrected chi connectivity index (χ1v) is 47.0. The lowest BCUT2D eigenvalue weighted by molar-refractivity contribution is -0.121. The van der Waals surface area contributed by atoms with Gasteiger partial charge in [-0.3, -0.25) is 39.9 Å². The molecule has 6 saturated heterocycles. The maximum Gasteiger partial charge on any atom is 0.332 e. The highest BCUT2D eigenvalue weighted by molar-refractivity contribution is 7.22. The van der Waals surface area contributed by atoms with Crippen molar-refractivity contribution in [1.29, 1.82) is 0 Å². The van der Waals surface area contributed by atoms with Crippen LogP contribution in [0.5, 0.6) is 0 Å². The second-order valence-corrected chi connectivity index (χ2v) is 35.7. The third-order valence-electron chi connectivity index (χ3n) is 23.4. The molecule has 38 nitrogen and oxygen atoms in total. The summed E-state index contributed by atoms with van der Waals surface area (Å²) in [5.74, 6) is 2.32. The number of imide groups is 2. The van der Waals surface area contributed by atoms with E-state index >= 15 is 0 Å². The Hall–Kier alpha value is -17.8. The number of hydrogen-bond donors (Lipinski definition) is 8. The molecule has 0 spiro atoms. The third-order valence-corrected chi connectivity index (χ3v) is 25.5. The van der Waals surface area contributed by atoms with E-state index in [0.717, 1.165) is 155 Å². The van der Waals surface area contributed by atoms with Crippen molar-refractivity contribution < 1.29 is 56.8 Å². The van der Waals surface area contributed by atoms with Gasteiger partial charge < -0.3 is 64.6 Å². The molecular formula is C102H98N26O12S2. The number of carbonyl (C=O) groups excluding carboxylic acids is 10. The first-order chi connectivity index (χ1) is 68.7. The minimum absolute atomic E-state index is 0.0649. The number of aryl methyl sites for hydroxylation is 2. The van der Waals surface area contributed by atoms with E-state index in [1.165, 1.54) is 37.2 Å². The van der Waals surface area contributed by atoms with Crippen LogP contribution >= 0.6 is 22.7 Å². The molecule has 8 aromatic carbocycles. The van der Waals surface area contributed by atoms with E-state index in [1.807, 2.05) is 199 Å². The molecule has 40 heteroatoms. The van der Waals surface area contributed by atoms with Gasteiger partial charge in [0.2, 0.25) is 23.7 Å². The number of anilines is 3. The van der Waals surface area contributed by atoms with Crippen LogP contribution in [-0.4, -0.2) is 181 Å². The van der Waals surface area contributed by atoms with Crippen molar-refractivity contribution >= 4 is 187 Å². The number of aromatic nitrogens is 8. The highest BCUT2D eigenvalue weighted by atomic mass is 32.1. The quantitative estimate of drug-likeness (QED) is 0.0596. The average molecular weight is 1940 g/mol. The van der Waals surface area contributed by atoms with Crippen LogP contribution in [0.15, 0.2) is 311 Å². The second kappa shape index (κ2) is 43.3. The summed E-state index contributed by atoms with van der Waals surface area (Å²) in [6, 6.07) is 60.8. The number of urea groups is 8. The Morgan fingerprint density at radius 3 is 1.37 bits per heavy atom. The normalized spacial score (nSPS) is 16.5. The highest BCUT2D eigenvalue weighted by Crippen LogP contribution is 2.34. The molecule has 14 aromatic rings. The summed E-state index contributed by atoms with van der Waals surface area (Å²) >= 11 is 3.09. The van der Waals surface area contributed by atoms with E-state index in [1.54, 1.807) is 72.5 Å². The average Bonchev–Trinajstić information content (AvgIpc) is 1.63. The van der Waals surface area contributed by atoms with Gasteiger partial charge in [-0.2, -0.15) is 4.98 Å². The lowest BCUT2D eigenvalue weighted by atomic mass is 10.1. The van der Waals surface area contributed by atoms with E-state index in [0.29, 0.717) is 98.2 Å². The van der Waals surface area contributed by atoms with E-state index in [-0.39, 0.29) is 67.0 Å². The number of rotatable bonds is 11. The summed E-state index contributed by atoms with van der Waals surface area (Å²) in [6.07, 6.45) is 12.2. The van der Waals surface area contributed by atoms with E-state index in [9.17, 15) is 47.9 Å². The zero-order valence-electron chi connectivity index (χ0n) is 77.5. The monoisotopic (exact) mass is 1940 g/mol. The van der Waals surface area contributed by atoms with Crippen LogP contribution < -0.4 is 57.2 Å². The number of para-hydroxylation sites is 12. The number of allylic oxidation sites excluding steroid dienone is 2. The van der Waals surface area contributed by atoms with Gasteiger partial charge in [0.1, 0.15) is 27.7 Å². The number of hydrogen-bond acceptors (Lipinski definition) is 22. The maximum absolute atomic E-state index is 11.9. The van der Waals surface area contributed by atoms with Crippen molar-refractivity contribution in [3.05, 3.63) is 320 Å². The van der Waals surface area contributed by atoms with Crippen molar-refractivity contribution in [3.8, 4) is 0 Å². The second-order valence-electron chi connectivity index (χ2n) is 33.5. The van der Waals surface area contributed by atoms with Gasteiger partial charge in [-0.05, 0) is 108 Å².